The van der Waals surface area contributed by atoms with Gasteiger partial charge >= 0.3 is 0 Å². The highest BCUT2D eigenvalue weighted by Gasteiger charge is 2.07. The molecule has 0 aliphatic heterocycles. The molecule has 0 saturated carbocycles. The Labute approximate surface area is 111 Å². The van der Waals surface area contributed by atoms with E-state index in [9.17, 15) is 0 Å². The molecule has 0 saturated heterocycles. The van der Waals surface area contributed by atoms with E-state index in [4.69, 9.17) is 0 Å². The number of pyridine rings is 1. The Morgan fingerprint density at radius 3 is 2.47 bits per heavy atom. The molecule has 2 aromatic heterocycles. The molecule has 2 heterocycles. The normalized spacial score (nSPS) is 10.1. The minimum absolute atomic E-state index is 0. The lowest BCUT2D eigenvalue weighted by Crippen LogP contribution is -3.00. The molecule has 0 amide bonds. The fraction of sp³-hybridized carbons (Fsp3) is 0.0714. The molecule has 2 nitrogen and oxygen atoms in total. The molecule has 3 heteroatoms. The molecule has 17 heavy (non-hydrogen) atoms. The SMILES string of the molecule is [Br-].c1ccc(C[n+]2ccn3ccccc32)cc1. The van der Waals surface area contributed by atoms with Gasteiger partial charge in [0.1, 0.15) is 18.9 Å². The van der Waals surface area contributed by atoms with Crippen LogP contribution < -0.4 is 21.5 Å². The van der Waals surface area contributed by atoms with Crippen molar-refractivity contribution in [3.8, 4) is 0 Å². The average molecular weight is 289 g/mol. The van der Waals surface area contributed by atoms with Crippen LogP contribution in [0.4, 0.5) is 0 Å². The highest BCUT2D eigenvalue weighted by atomic mass is 79.9. The van der Waals surface area contributed by atoms with Gasteiger partial charge in [0.15, 0.2) is 0 Å². The van der Waals surface area contributed by atoms with E-state index >= 15 is 0 Å². The largest absolute Gasteiger partial charge is 1.00 e. The van der Waals surface area contributed by atoms with Crippen molar-refractivity contribution < 1.29 is 21.5 Å². The van der Waals surface area contributed by atoms with Gasteiger partial charge in [-0.05, 0) is 11.6 Å². The smallest absolute Gasteiger partial charge is 0.286 e. The number of nitrogens with zero attached hydrogens (tertiary/aromatic N) is 2. The van der Waals surface area contributed by atoms with Gasteiger partial charge in [-0.1, -0.05) is 36.4 Å². The van der Waals surface area contributed by atoms with E-state index in [-0.39, 0.29) is 17.0 Å². The number of hydrogen-bond donors (Lipinski definition) is 0. The molecule has 0 aliphatic carbocycles. The fourth-order valence-corrected chi connectivity index (χ4v) is 1.96. The number of benzene rings is 1. The van der Waals surface area contributed by atoms with Gasteiger partial charge < -0.3 is 17.0 Å². The summed E-state index contributed by atoms with van der Waals surface area (Å²) in [6.45, 7) is 0.918. The Hall–Kier alpha value is -1.61. The first-order valence-corrected chi connectivity index (χ1v) is 5.42. The van der Waals surface area contributed by atoms with E-state index in [0.29, 0.717) is 0 Å². The summed E-state index contributed by atoms with van der Waals surface area (Å²) in [5.41, 5.74) is 2.54. The predicted octanol–water partition coefficient (Wildman–Crippen LogP) is -0.721. The van der Waals surface area contributed by atoms with Crippen molar-refractivity contribution in [2.75, 3.05) is 0 Å². The third kappa shape index (κ3) is 2.39. The zero-order chi connectivity index (χ0) is 10.8. The Morgan fingerprint density at radius 2 is 1.65 bits per heavy atom. The summed E-state index contributed by atoms with van der Waals surface area (Å²) < 4.78 is 4.37. The summed E-state index contributed by atoms with van der Waals surface area (Å²) in [6.07, 6.45) is 6.26. The van der Waals surface area contributed by atoms with Crippen molar-refractivity contribution in [2.45, 2.75) is 6.54 Å². The maximum atomic E-state index is 2.25. The standard InChI is InChI=1S/C14H13N2.BrH/c1-2-6-13(7-3-1)12-16-11-10-15-9-5-4-8-14(15)16;/h1-11H,12H2;1H/q+1;/p-1. The van der Waals surface area contributed by atoms with Crippen LogP contribution in [0.3, 0.4) is 0 Å². The molecule has 0 N–H and O–H groups in total. The van der Waals surface area contributed by atoms with Crippen molar-refractivity contribution in [1.82, 2.24) is 4.40 Å². The summed E-state index contributed by atoms with van der Waals surface area (Å²) in [5.74, 6) is 0. The van der Waals surface area contributed by atoms with E-state index in [1.54, 1.807) is 0 Å². The monoisotopic (exact) mass is 288 g/mol. The summed E-state index contributed by atoms with van der Waals surface area (Å²) in [7, 11) is 0. The molecule has 0 atom stereocenters. The van der Waals surface area contributed by atoms with E-state index in [0.717, 1.165) is 6.54 Å². The van der Waals surface area contributed by atoms with Crippen LogP contribution in [-0.2, 0) is 6.54 Å². The molecular formula is C14H13BrN2. The van der Waals surface area contributed by atoms with Crippen molar-refractivity contribution in [3.63, 3.8) is 0 Å². The number of fused-ring (bicyclic) bond motifs is 1. The van der Waals surface area contributed by atoms with Crippen LogP contribution in [0.5, 0.6) is 0 Å². The van der Waals surface area contributed by atoms with E-state index < -0.39 is 0 Å². The topological polar surface area (TPSA) is 8.29 Å². The summed E-state index contributed by atoms with van der Waals surface area (Å²) >= 11 is 0. The van der Waals surface area contributed by atoms with Crippen molar-refractivity contribution in [1.29, 1.82) is 0 Å². The molecule has 0 radical (unpaired) electrons. The van der Waals surface area contributed by atoms with Gasteiger partial charge in [-0.25, -0.2) is 8.97 Å². The van der Waals surface area contributed by atoms with Gasteiger partial charge in [0.05, 0.1) is 6.20 Å². The van der Waals surface area contributed by atoms with Crippen LogP contribution >= 0.6 is 0 Å². The molecule has 0 fully saturated rings. The van der Waals surface area contributed by atoms with E-state index in [1.165, 1.54) is 11.2 Å². The Balaban J connectivity index is 0.00000108. The van der Waals surface area contributed by atoms with E-state index in [1.807, 2.05) is 12.1 Å². The minimum Gasteiger partial charge on any atom is -1.00 e. The first-order chi connectivity index (χ1) is 7.93. The second-order valence-electron chi connectivity index (χ2n) is 3.88. The number of aromatic nitrogens is 2. The minimum atomic E-state index is 0. The average Bonchev–Trinajstić information content (AvgIpc) is 2.74. The van der Waals surface area contributed by atoms with Crippen molar-refractivity contribution >= 4 is 5.65 Å². The molecule has 86 valence electrons. The third-order valence-corrected chi connectivity index (χ3v) is 2.76. The van der Waals surface area contributed by atoms with E-state index in [2.05, 4.69) is 64.0 Å². The van der Waals surface area contributed by atoms with Crippen molar-refractivity contribution in [2.24, 2.45) is 0 Å². The van der Waals surface area contributed by atoms with Gasteiger partial charge in [0.2, 0.25) is 0 Å². The first kappa shape index (κ1) is 11.9. The van der Waals surface area contributed by atoms with Gasteiger partial charge in [0, 0.05) is 6.07 Å². The molecule has 0 aliphatic rings. The predicted molar refractivity (Wildman–Crippen MR) is 63.1 cm³/mol. The Morgan fingerprint density at radius 1 is 0.882 bits per heavy atom. The summed E-state index contributed by atoms with van der Waals surface area (Å²) in [6, 6.07) is 16.7. The number of hydrogen-bond acceptors (Lipinski definition) is 0. The van der Waals surface area contributed by atoms with Crippen LogP contribution in [0.25, 0.3) is 5.65 Å². The van der Waals surface area contributed by atoms with Crippen LogP contribution in [0.2, 0.25) is 0 Å². The zero-order valence-corrected chi connectivity index (χ0v) is 10.9. The molecule has 3 aromatic rings. The highest BCUT2D eigenvalue weighted by molar-refractivity contribution is 5.31. The van der Waals surface area contributed by atoms with Gasteiger partial charge in [0.25, 0.3) is 5.65 Å². The van der Waals surface area contributed by atoms with Gasteiger partial charge in [-0.2, -0.15) is 0 Å². The lowest BCUT2D eigenvalue weighted by Gasteiger charge is -1.97. The first-order valence-electron chi connectivity index (χ1n) is 5.42. The number of imidazole rings is 1. The molecule has 0 spiro atoms. The molecular weight excluding hydrogens is 276 g/mol. The third-order valence-electron chi connectivity index (χ3n) is 2.76. The molecule has 3 rings (SSSR count). The fourth-order valence-electron chi connectivity index (χ4n) is 1.96. The van der Waals surface area contributed by atoms with Crippen LogP contribution in [0.1, 0.15) is 5.56 Å². The Bertz CT molecular complexity index is 602. The lowest BCUT2D eigenvalue weighted by molar-refractivity contribution is -0.661. The summed E-state index contributed by atoms with van der Waals surface area (Å²) in [5, 5.41) is 0. The number of halogens is 1. The van der Waals surface area contributed by atoms with Gasteiger partial charge in [-0.15, -0.1) is 0 Å². The maximum absolute atomic E-state index is 2.25. The quantitative estimate of drug-likeness (QED) is 0.550. The van der Waals surface area contributed by atoms with Crippen LogP contribution in [-0.4, -0.2) is 4.40 Å². The second-order valence-corrected chi connectivity index (χ2v) is 3.88. The zero-order valence-electron chi connectivity index (χ0n) is 9.33. The van der Waals surface area contributed by atoms with Gasteiger partial charge in [-0.3, -0.25) is 0 Å². The molecule has 0 unspecified atom stereocenters. The lowest BCUT2D eigenvalue weighted by atomic mass is 10.2. The Kier molecular flexibility index (Phi) is 3.59. The maximum Gasteiger partial charge on any atom is 0.286 e. The molecule has 1 aromatic carbocycles. The number of rotatable bonds is 2. The summed E-state index contributed by atoms with van der Waals surface area (Å²) in [4.78, 5) is 0. The van der Waals surface area contributed by atoms with Crippen molar-refractivity contribution in [3.05, 3.63) is 72.7 Å². The van der Waals surface area contributed by atoms with Crippen LogP contribution in [0.15, 0.2) is 67.1 Å². The molecule has 0 bridgehead atoms. The highest BCUT2D eigenvalue weighted by Crippen LogP contribution is 2.01. The second kappa shape index (κ2) is 5.15. The van der Waals surface area contributed by atoms with Crippen LogP contribution in [0, 0.1) is 0 Å².